The molecule has 82 valence electrons. The average molecular weight is 206 g/mol. The summed E-state index contributed by atoms with van der Waals surface area (Å²) in [5.74, 6) is 0.952. The largest absolute Gasteiger partial charge is 0.494 e. The molecule has 0 aliphatic carbocycles. The quantitative estimate of drug-likeness (QED) is 0.725. The van der Waals surface area contributed by atoms with Gasteiger partial charge in [0.2, 0.25) is 0 Å². The van der Waals surface area contributed by atoms with Gasteiger partial charge >= 0.3 is 0 Å². The highest BCUT2D eigenvalue weighted by atomic mass is 16.5. The fourth-order valence-electron chi connectivity index (χ4n) is 1.27. The lowest BCUT2D eigenvalue weighted by Gasteiger charge is -2.12. The predicted molar refractivity (Wildman–Crippen MR) is 61.2 cm³/mol. The highest BCUT2D eigenvalue weighted by molar-refractivity contribution is 5.13. The Morgan fingerprint density at radius 1 is 1.40 bits per heavy atom. The molecule has 0 aromatic heterocycles. The standard InChI is InChI=1S/C13H18O2/c1-11(9-14)8-12(2)15-10-13-6-4-3-5-7-13/h3-7,11,14H,2,8-10H2,1H3. The number of rotatable bonds is 6. The van der Waals surface area contributed by atoms with E-state index in [0.717, 1.165) is 11.3 Å². The first-order chi connectivity index (χ1) is 7.22. The molecule has 1 N–H and O–H groups in total. The first-order valence-electron chi connectivity index (χ1n) is 5.17. The fraction of sp³-hybridized carbons (Fsp3) is 0.385. The van der Waals surface area contributed by atoms with Gasteiger partial charge in [-0.1, -0.05) is 43.8 Å². The molecule has 2 nitrogen and oxygen atoms in total. The Hall–Kier alpha value is -1.28. The molecule has 0 spiro atoms. The van der Waals surface area contributed by atoms with E-state index in [2.05, 4.69) is 6.58 Å². The lowest BCUT2D eigenvalue weighted by atomic mass is 10.1. The van der Waals surface area contributed by atoms with Crippen molar-refractivity contribution in [2.24, 2.45) is 5.92 Å². The molecule has 1 rings (SSSR count). The lowest BCUT2D eigenvalue weighted by molar-refractivity contribution is 0.164. The fourth-order valence-corrected chi connectivity index (χ4v) is 1.27. The molecule has 0 aliphatic rings. The van der Waals surface area contributed by atoms with E-state index in [-0.39, 0.29) is 12.5 Å². The summed E-state index contributed by atoms with van der Waals surface area (Å²) in [4.78, 5) is 0. The maximum absolute atomic E-state index is 8.87. The van der Waals surface area contributed by atoms with Gasteiger partial charge in [-0.15, -0.1) is 0 Å². The Balaban J connectivity index is 2.29. The van der Waals surface area contributed by atoms with E-state index >= 15 is 0 Å². The number of aliphatic hydroxyl groups excluding tert-OH is 1. The highest BCUT2D eigenvalue weighted by Gasteiger charge is 2.03. The van der Waals surface area contributed by atoms with Gasteiger partial charge in [-0.05, 0) is 11.5 Å². The summed E-state index contributed by atoms with van der Waals surface area (Å²) in [6.07, 6.45) is 0.712. The van der Waals surface area contributed by atoms with Crippen molar-refractivity contribution in [3.63, 3.8) is 0 Å². The minimum Gasteiger partial charge on any atom is -0.494 e. The van der Waals surface area contributed by atoms with Crippen LogP contribution in [0.15, 0.2) is 42.7 Å². The molecule has 0 saturated heterocycles. The van der Waals surface area contributed by atoms with Crippen LogP contribution in [-0.2, 0) is 11.3 Å². The van der Waals surface area contributed by atoms with E-state index < -0.39 is 0 Å². The Kier molecular flexibility index (Phi) is 4.91. The van der Waals surface area contributed by atoms with Gasteiger partial charge in [0.25, 0.3) is 0 Å². The molecular weight excluding hydrogens is 188 g/mol. The zero-order chi connectivity index (χ0) is 11.1. The van der Waals surface area contributed by atoms with Gasteiger partial charge in [-0.2, -0.15) is 0 Å². The van der Waals surface area contributed by atoms with Gasteiger partial charge in [0.1, 0.15) is 6.61 Å². The Labute approximate surface area is 91.2 Å². The highest BCUT2D eigenvalue weighted by Crippen LogP contribution is 2.12. The van der Waals surface area contributed by atoms with Crippen molar-refractivity contribution in [3.05, 3.63) is 48.2 Å². The van der Waals surface area contributed by atoms with Crippen LogP contribution in [-0.4, -0.2) is 11.7 Å². The van der Waals surface area contributed by atoms with E-state index in [4.69, 9.17) is 9.84 Å². The maximum Gasteiger partial charge on any atom is 0.113 e. The van der Waals surface area contributed by atoms with Gasteiger partial charge in [0, 0.05) is 13.0 Å². The summed E-state index contributed by atoms with van der Waals surface area (Å²) in [5.41, 5.74) is 1.13. The van der Waals surface area contributed by atoms with Crippen LogP contribution < -0.4 is 0 Å². The van der Waals surface area contributed by atoms with Crippen LogP contribution in [0, 0.1) is 5.92 Å². The average Bonchev–Trinajstić information content (AvgIpc) is 2.27. The van der Waals surface area contributed by atoms with Crippen molar-refractivity contribution in [3.8, 4) is 0 Å². The molecule has 2 heteroatoms. The summed E-state index contributed by atoms with van der Waals surface area (Å²) in [5, 5.41) is 8.87. The Morgan fingerprint density at radius 3 is 2.67 bits per heavy atom. The summed E-state index contributed by atoms with van der Waals surface area (Å²) in [6, 6.07) is 9.98. The minimum atomic E-state index is 0.174. The number of hydrogen-bond donors (Lipinski definition) is 1. The van der Waals surface area contributed by atoms with Crippen LogP contribution in [0.3, 0.4) is 0 Å². The number of aliphatic hydroxyl groups is 1. The van der Waals surface area contributed by atoms with E-state index in [1.54, 1.807) is 0 Å². The predicted octanol–water partition coefficient (Wildman–Crippen LogP) is 2.74. The third-order valence-electron chi connectivity index (χ3n) is 2.17. The lowest BCUT2D eigenvalue weighted by Crippen LogP contribution is -2.03. The maximum atomic E-state index is 8.87. The summed E-state index contributed by atoms with van der Waals surface area (Å²) in [6.45, 7) is 6.52. The molecular formula is C13H18O2. The summed E-state index contributed by atoms with van der Waals surface area (Å²) in [7, 11) is 0. The number of ether oxygens (including phenoxy) is 1. The molecule has 1 unspecified atom stereocenters. The van der Waals surface area contributed by atoms with E-state index in [1.807, 2.05) is 37.3 Å². The molecule has 1 atom stereocenters. The van der Waals surface area contributed by atoms with Crippen molar-refractivity contribution < 1.29 is 9.84 Å². The van der Waals surface area contributed by atoms with E-state index in [0.29, 0.717) is 13.0 Å². The monoisotopic (exact) mass is 206 g/mol. The second-order valence-corrected chi connectivity index (χ2v) is 3.80. The molecule has 0 fully saturated rings. The van der Waals surface area contributed by atoms with Gasteiger partial charge in [-0.3, -0.25) is 0 Å². The molecule has 15 heavy (non-hydrogen) atoms. The zero-order valence-corrected chi connectivity index (χ0v) is 9.15. The third kappa shape index (κ3) is 4.66. The van der Waals surface area contributed by atoms with Crippen LogP contribution in [0.4, 0.5) is 0 Å². The molecule has 1 aromatic carbocycles. The van der Waals surface area contributed by atoms with Crippen molar-refractivity contribution >= 4 is 0 Å². The van der Waals surface area contributed by atoms with Crippen LogP contribution in [0.1, 0.15) is 18.9 Å². The van der Waals surface area contributed by atoms with Gasteiger partial charge in [0.15, 0.2) is 0 Å². The van der Waals surface area contributed by atoms with Gasteiger partial charge < -0.3 is 9.84 Å². The van der Waals surface area contributed by atoms with Gasteiger partial charge in [0.05, 0.1) is 5.76 Å². The van der Waals surface area contributed by atoms with E-state index in [9.17, 15) is 0 Å². The van der Waals surface area contributed by atoms with E-state index in [1.165, 1.54) is 0 Å². The zero-order valence-electron chi connectivity index (χ0n) is 9.15. The first-order valence-corrected chi connectivity index (χ1v) is 5.17. The van der Waals surface area contributed by atoms with Crippen molar-refractivity contribution in [2.75, 3.05) is 6.61 Å². The smallest absolute Gasteiger partial charge is 0.113 e. The number of allylic oxidation sites excluding steroid dienone is 1. The van der Waals surface area contributed by atoms with Crippen LogP contribution >= 0.6 is 0 Å². The summed E-state index contributed by atoms with van der Waals surface area (Å²) < 4.78 is 5.49. The minimum absolute atomic E-state index is 0.174. The van der Waals surface area contributed by atoms with Crippen molar-refractivity contribution in [1.29, 1.82) is 0 Å². The van der Waals surface area contributed by atoms with Gasteiger partial charge in [-0.25, -0.2) is 0 Å². The second kappa shape index (κ2) is 6.25. The van der Waals surface area contributed by atoms with Crippen molar-refractivity contribution in [1.82, 2.24) is 0 Å². The topological polar surface area (TPSA) is 29.5 Å². The normalized spacial score (nSPS) is 12.1. The number of benzene rings is 1. The SMILES string of the molecule is C=C(CC(C)CO)OCc1ccccc1. The summed E-state index contributed by atoms with van der Waals surface area (Å²) >= 11 is 0. The van der Waals surface area contributed by atoms with Crippen molar-refractivity contribution in [2.45, 2.75) is 20.0 Å². The van der Waals surface area contributed by atoms with Crippen LogP contribution in [0.2, 0.25) is 0 Å². The second-order valence-electron chi connectivity index (χ2n) is 3.80. The molecule has 0 heterocycles. The van der Waals surface area contributed by atoms with Crippen LogP contribution in [0.25, 0.3) is 0 Å². The first kappa shape index (κ1) is 11.8. The molecule has 0 saturated carbocycles. The molecule has 0 amide bonds. The molecule has 1 aromatic rings. The molecule has 0 aliphatic heterocycles. The Morgan fingerprint density at radius 2 is 2.07 bits per heavy atom. The van der Waals surface area contributed by atoms with Crippen LogP contribution in [0.5, 0.6) is 0 Å². The third-order valence-corrected chi connectivity index (χ3v) is 2.17. The molecule has 0 radical (unpaired) electrons. The molecule has 0 bridgehead atoms. The number of hydrogen-bond acceptors (Lipinski definition) is 2. The Bertz CT molecular complexity index is 293.